The number of halogens is 2. The first-order valence-electron chi connectivity index (χ1n) is 6.78. The van der Waals surface area contributed by atoms with Gasteiger partial charge in [-0.3, -0.25) is 0 Å². The lowest BCUT2D eigenvalue weighted by atomic mass is 10.2. The fourth-order valence-electron chi connectivity index (χ4n) is 1.83. The molecule has 0 saturated carbocycles. The van der Waals surface area contributed by atoms with Crippen molar-refractivity contribution in [3.8, 4) is 10.6 Å². The molecule has 0 fully saturated rings. The molecule has 6 heteroatoms. The topological polar surface area (TPSA) is 33.1 Å². The van der Waals surface area contributed by atoms with Gasteiger partial charge in [-0.1, -0.05) is 0 Å². The SMILES string of the molecule is OCCCCSCCc1csc(-c2cc(F)cc(F)c2)n1. The van der Waals surface area contributed by atoms with Gasteiger partial charge in [-0.05, 0) is 42.9 Å². The lowest BCUT2D eigenvalue weighted by Gasteiger charge is -1.99. The van der Waals surface area contributed by atoms with Gasteiger partial charge in [0.25, 0.3) is 0 Å². The van der Waals surface area contributed by atoms with E-state index in [0.29, 0.717) is 10.6 Å². The molecule has 2 rings (SSSR count). The molecule has 0 atom stereocenters. The van der Waals surface area contributed by atoms with Crippen molar-refractivity contribution in [2.45, 2.75) is 19.3 Å². The number of benzene rings is 1. The molecule has 1 aromatic carbocycles. The molecule has 0 unspecified atom stereocenters. The highest BCUT2D eigenvalue weighted by atomic mass is 32.2. The number of thiazole rings is 1. The molecule has 0 radical (unpaired) electrons. The highest BCUT2D eigenvalue weighted by Gasteiger charge is 2.08. The molecule has 0 aliphatic rings. The van der Waals surface area contributed by atoms with Gasteiger partial charge >= 0.3 is 0 Å². The van der Waals surface area contributed by atoms with Crippen molar-refractivity contribution in [3.63, 3.8) is 0 Å². The summed E-state index contributed by atoms with van der Waals surface area (Å²) in [6.45, 7) is 0.250. The Bertz CT molecular complexity index is 554. The maximum absolute atomic E-state index is 13.2. The van der Waals surface area contributed by atoms with Gasteiger partial charge in [0.2, 0.25) is 0 Å². The van der Waals surface area contributed by atoms with E-state index in [9.17, 15) is 8.78 Å². The van der Waals surface area contributed by atoms with Gasteiger partial charge in [0.05, 0.1) is 5.69 Å². The number of thioether (sulfide) groups is 1. The quantitative estimate of drug-likeness (QED) is 0.739. The van der Waals surface area contributed by atoms with Crippen molar-refractivity contribution < 1.29 is 13.9 Å². The zero-order chi connectivity index (χ0) is 15.1. The van der Waals surface area contributed by atoms with Crippen LogP contribution in [0.15, 0.2) is 23.6 Å². The van der Waals surface area contributed by atoms with Crippen molar-refractivity contribution in [1.82, 2.24) is 4.98 Å². The summed E-state index contributed by atoms with van der Waals surface area (Å²) in [5.41, 5.74) is 1.44. The lowest BCUT2D eigenvalue weighted by molar-refractivity contribution is 0.287. The smallest absolute Gasteiger partial charge is 0.126 e. The molecule has 2 nitrogen and oxygen atoms in total. The summed E-state index contributed by atoms with van der Waals surface area (Å²) < 4.78 is 26.4. The van der Waals surface area contributed by atoms with E-state index < -0.39 is 11.6 Å². The second-order valence-corrected chi connectivity index (χ2v) is 6.68. The van der Waals surface area contributed by atoms with Crippen LogP contribution < -0.4 is 0 Å². The zero-order valence-corrected chi connectivity index (χ0v) is 13.2. The van der Waals surface area contributed by atoms with E-state index in [2.05, 4.69) is 4.98 Å². The Kier molecular flexibility index (Phi) is 6.60. The third-order valence-electron chi connectivity index (χ3n) is 2.86. The Balaban J connectivity index is 1.86. The molecule has 2 aromatic rings. The van der Waals surface area contributed by atoms with Crippen LogP contribution in [-0.4, -0.2) is 28.2 Å². The summed E-state index contributed by atoms with van der Waals surface area (Å²) in [4.78, 5) is 4.43. The van der Waals surface area contributed by atoms with E-state index in [4.69, 9.17) is 5.11 Å². The van der Waals surface area contributed by atoms with Crippen molar-refractivity contribution in [1.29, 1.82) is 0 Å². The Morgan fingerprint density at radius 1 is 1.10 bits per heavy atom. The molecule has 0 amide bonds. The van der Waals surface area contributed by atoms with E-state index >= 15 is 0 Å². The molecular formula is C15H17F2NOS2. The van der Waals surface area contributed by atoms with Crippen molar-refractivity contribution in [2.24, 2.45) is 0 Å². The summed E-state index contributed by atoms with van der Waals surface area (Å²) in [6.07, 6.45) is 2.71. The van der Waals surface area contributed by atoms with Crippen LogP contribution in [0.25, 0.3) is 10.6 Å². The van der Waals surface area contributed by atoms with Gasteiger partial charge in [0, 0.05) is 23.6 Å². The standard InChI is InChI=1S/C15H17F2NOS2/c16-12-7-11(8-13(17)9-12)15-18-14(10-21-15)3-6-20-5-2-1-4-19/h7-10,19H,1-6H2. The second kappa shape index (κ2) is 8.46. The molecule has 0 saturated heterocycles. The first-order chi connectivity index (χ1) is 10.2. The Morgan fingerprint density at radius 3 is 2.57 bits per heavy atom. The monoisotopic (exact) mass is 329 g/mol. The van der Waals surface area contributed by atoms with E-state index in [-0.39, 0.29) is 6.61 Å². The van der Waals surface area contributed by atoms with Crippen LogP contribution in [0.1, 0.15) is 18.5 Å². The minimum Gasteiger partial charge on any atom is -0.396 e. The summed E-state index contributed by atoms with van der Waals surface area (Å²) in [7, 11) is 0. The minimum atomic E-state index is -0.582. The minimum absolute atomic E-state index is 0.250. The zero-order valence-electron chi connectivity index (χ0n) is 11.5. The number of unbranched alkanes of at least 4 members (excludes halogenated alkanes) is 1. The highest BCUT2D eigenvalue weighted by Crippen LogP contribution is 2.25. The summed E-state index contributed by atoms with van der Waals surface area (Å²) in [5.74, 6) is 0.834. The van der Waals surface area contributed by atoms with Gasteiger partial charge in [0.1, 0.15) is 16.6 Å². The van der Waals surface area contributed by atoms with Gasteiger partial charge in [-0.15, -0.1) is 11.3 Å². The normalized spacial score (nSPS) is 11.0. The van der Waals surface area contributed by atoms with Crippen molar-refractivity contribution in [3.05, 3.63) is 40.9 Å². The first-order valence-corrected chi connectivity index (χ1v) is 8.82. The van der Waals surface area contributed by atoms with E-state index in [1.807, 2.05) is 17.1 Å². The van der Waals surface area contributed by atoms with E-state index in [0.717, 1.165) is 42.5 Å². The molecule has 1 N–H and O–H groups in total. The summed E-state index contributed by atoms with van der Waals surface area (Å²) in [5, 5.41) is 11.3. The average molecular weight is 329 g/mol. The molecule has 21 heavy (non-hydrogen) atoms. The molecule has 0 aliphatic heterocycles. The third kappa shape index (κ3) is 5.37. The van der Waals surface area contributed by atoms with Crippen molar-refractivity contribution >= 4 is 23.1 Å². The molecule has 0 spiro atoms. The predicted molar refractivity (Wildman–Crippen MR) is 84.8 cm³/mol. The van der Waals surface area contributed by atoms with Gasteiger partial charge in [-0.25, -0.2) is 13.8 Å². The molecular weight excluding hydrogens is 312 g/mol. The number of nitrogens with zero attached hydrogens (tertiary/aromatic N) is 1. The largest absolute Gasteiger partial charge is 0.396 e. The maximum Gasteiger partial charge on any atom is 0.126 e. The van der Waals surface area contributed by atoms with E-state index in [1.165, 1.54) is 23.5 Å². The molecule has 0 bridgehead atoms. The number of aryl methyl sites for hydroxylation is 1. The van der Waals surface area contributed by atoms with Crippen LogP contribution in [0.5, 0.6) is 0 Å². The number of rotatable bonds is 8. The fourth-order valence-corrected chi connectivity index (χ4v) is 3.63. The molecule has 1 heterocycles. The van der Waals surface area contributed by atoms with Crippen LogP contribution in [0, 0.1) is 11.6 Å². The van der Waals surface area contributed by atoms with Crippen LogP contribution in [0.2, 0.25) is 0 Å². The highest BCUT2D eigenvalue weighted by molar-refractivity contribution is 7.99. The van der Waals surface area contributed by atoms with E-state index in [1.54, 1.807) is 0 Å². The molecule has 114 valence electrons. The first kappa shape index (κ1) is 16.4. The van der Waals surface area contributed by atoms with Crippen LogP contribution in [0.3, 0.4) is 0 Å². The Morgan fingerprint density at radius 2 is 1.86 bits per heavy atom. The lowest BCUT2D eigenvalue weighted by Crippen LogP contribution is -1.92. The Hall–Kier alpha value is -0.980. The van der Waals surface area contributed by atoms with Crippen LogP contribution in [0.4, 0.5) is 8.78 Å². The molecule has 1 aromatic heterocycles. The fraction of sp³-hybridized carbons (Fsp3) is 0.400. The number of aromatic nitrogens is 1. The predicted octanol–water partition coefficient (Wildman–Crippen LogP) is 4.14. The number of hydrogen-bond donors (Lipinski definition) is 1. The summed E-state index contributed by atoms with van der Waals surface area (Å²) >= 11 is 3.24. The second-order valence-electron chi connectivity index (χ2n) is 4.60. The van der Waals surface area contributed by atoms with Crippen molar-refractivity contribution in [2.75, 3.05) is 18.1 Å². The van der Waals surface area contributed by atoms with Crippen LogP contribution in [-0.2, 0) is 6.42 Å². The van der Waals surface area contributed by atoms with Gasteiger partial charge in [-0.2, -0.15) is 11.8 Å². The number of hydrogen-bond acceptors (Lipinski definition) is 4. The Labute approximate surface area is 131 Å². The van der Waals surface area contributed by atoms with Gasteiger partial charge < -0.3 is 5.11 Å². The maximum atomic E-state index is 13.2. The summed E-state index contributed by atoms with van der Waals surface area (Å²) in [6, 6.07) is 3.46. The van der Waals surface area contributed by atoms with Gasteiger partial charge in [0.15, 0.2) is 0 Å². The number of aliphatic hydroxyl groups excluding tert-OH is 1. The molecule has 0 aliphatic carbocycles. The van der Waals surface area contributed by atoms with Crippen LogP contribution >= 0.6 is 23.1 Å². The third-order valence-corrected chi connectivity index (χ3v) is 4.87. The average Bonchev–Trinajstić information content (AvgIpc) is 2.90. The number of aliphatic hydroxyl groups is 1.